The first-order valence-electron chi connectivity index (χ1n) is 11.4. The molecule has 3 rings (SSSR count). The molecule has 204 valence electrons. The van der Waals surface area contributed by atoms with Gasteiger partial charge in [-0.1, -0.05) is 18.2 Å². The predicted octanol–water partition coefficient (Wildman–Crippen LogP) is 5.41. The summed E-state index contributed by atoms with van der Waals surface area (Å²) in [4.78, 5) is 21.5. The fraction of sp³-hybridized carbons (Fsp3) is 0.440. The van der Waals surface area contributed by atoms with Crippen molar-refractivity contribution >= 4 is 11.9 Å². The Morgan fingerprint density at radius 1 is 0.946 bits per heavy atom. The fourth-order valence-corrected chi connectivity index (χ4v) is 3.92. The molecule has 12 heteroatoms. The number of ether oxygens (including phenoxy) is 1. The smallest absolute Gasteiger partial charge is 0.490 e. The molecular weight excluding hydrogens is 506 g/mol. The first-order chi connectivity index (χ1) is 17.3. The van der Waals surface area contributed by atoms with Gasteiger partial charge < -0.3 is 20.5 Å². The number of amides is 1. The molecule has 2 aromatic rings. The maximum absolute atomic E-state index is 12.8. The highest BCUT2D eigenvalue weighted by molar-refractivity contribution is 5.79. The van der Waals surface area contributed by atoms with Crippen LogP contribution < -0.4 is 15.4 Å². The summed E-state index contributed by atoms with van der Waals surface area (Å²) in [6.07, 6.45) is -5.75. The number of benzene rings is 2. The number of carbonyl (C=O) groups excluding carboxylic acids is 1. The van der Waals surface area contributed by atoms with Crippen molar-refractivity contribution in [1.82, 2.24) is 10.6 Å². The van der Waals surface area contributed by atoms with Crippen LogP contribution in [0.25, 0.3) is 11.1 Å². The van der Waals surface area contributed by atoms with E-state index < -0.39 is 23.9 Å². The van der Waals surface area contributed by atoms with E-state index in [0.29, 0.717) is 23.9 Å². The Hall–Kier alpha value is -3.28. The quantitative estimate of drug-likeness (QED) is 0.432. The van der Waals surface area contributed by atoms with Crippen molar-refractivity contribution in [1.29, 1.82) is 0 Å². The van der Waals surface area contributed by atoms with Crippen molar-refractivity contribution in [3.8, 4) is 16.9 Å². The molecule has 3 N–H and O–H groups in total. The number of methoxy groups -OCH3 is 1. The molecule has 0 aliphatic heterocycles. The summed E-state index contributed by atoms with van der Waals surface area (Å²) in [5, 5.41) is 13.4. The zero-order valence-electron chi connectivity index (χ0n) is 20.2. The van der Waals surface area contributed by atoms with Crippen LogP contribution >= 0.6 is 0 Å². The van der Waals surface area contributed by atoms with Crippen molar-refractivity contribution < 1.29 is 45.8 Å². The Bertz CT molecular complexity index is 1050. The number of rotatable bonds is 6. The van der Waals surface area contributed by atoms with E-state index in [9.17, 15) is 31.1 Å². The molecule has 1 fully saturated rings. The molecule has 0 bridgehead atoms. The minimum Gasteiger partial charge on any atom is -0.496 e. The zero-order valence-corrected chi connectivity index (χ0v) is 20.2. The maximum Gasteiger partial charge on any atom is 0.490 e. The van der Waals surface area contributed by atoms with Crippen molar-refractivity contribution in [3.63, 3.8) is 0 Å². The molecule has 1 amide bonds. The lowest BCUT2D eigenvalue weighted by molar-refractivity contribution is -0.192. The average molecular weight is 534 g/mol. The first kappa shape index (κ1) is 29.9. The molecule has 1 saturated carbocycles. The van der Waals surface area contributed by atoms with Crippen LogP contribution in [0.1, 0.15) is 36.8 Å². The van der Waals surface area contributed by atoms with Gasteiger partial charge >= 0.3 is 18.3 Å². The summed E-state index contributed by atoms with van der Waals surface area (Å²) in [7, 11) is 3.50. The summed E-state index contributed by atoms with van der Waals surface area (Å²) in [5.41, 5.74) is 1.54. The fourth-order valence-electron chi connectivity index (χ4n) is 3.92. The second-order valence-corrected chi connectivity index (χ2v) is 8.46. The second kappa shape index (κ2) is 12.8. The van der Waals surface area contributed by atoms with Gasteiger partial charge in [-0.25, -0.2) is 4.79 Å². The lowest BCUT2D eigenvalue weighted by atomic mass is 9.85. The minimum absolute atomic E-state index is 0.0127. The zero-order chi connectivity index (χ0) is 27.8. The average Bonchev–Trinajstić information content (AvgIpc) is 2.86. The van der Waals surface area contributed by atoms with Gasteiger partial charge in [0.05, 0.1) is 12.7 Å². The first-order valence-corrected chi connectivity index (χ1v) is 11.4. The van der Waals surface area contributed by atoms with E-state index in [0.717, 1.165) is 48.9 Å². The summed E-state index contributed by atoms with van der Waals surface area (Å²) < 4.78 is 75.5. The number of alkyl halides is 6. The highest BCUT2D eigenvalue weighted by Gasteiger charge is 2.38. The van der Waals surface area contributed by atoms with Crippen LogP contribution in [0.4, 0.5) is 26.3 Å². The monoisotopic (exact) mass is 534 g/mol. The number of carboxylic acids is 1. The number of halogens is 6. The third kappa shape index (κ3) is 8.96. The Morgan fingerprint density at radius 3 is 1.95 bits per heavy atom. The van der Waals surface area contributed by atoms with Crippen LogP contribution in [0.3, 0.4) is 0 Å². The third-order valence-corrected chi connectivity index (χ3v) is 6.03. The van der Waals surface area contributed by atoms with Gasteiger partial charge in [-0.05, 0) is 68.1 Å². The van der Waals surface area contributed by atoms with Gasteiger partial charge in [-0.15, -0.1) is 0 Å². The minimum atomic E-state index is -5.08. The number of hydrogen-bond donors (Lipinski definition) is 3. The van der Waals surface area contributed by atoms with Crippen LogP contribution in [-0.2, 0) is 22.3 Å². The van der Waals surface area contributed by atoms with Gasteiger partial charge in [0.2, 0.25) is 5.91 Å². The van der Waals surface area contributed by atoms with Gasteiger partial charge in [0.15, 0.2) is 0 Å². The molecule has 0 radical (unpaired) electrons. The lowest BCUT2D eigenvalue weighted by Gasteiger charge is -2.27. The molecule has 1 aliphatic carbocycles. The van der Waals surface area contributed by atoms with Gasteiger partial charge in [-0.3, -0.25) is 4.79 Å². The molecular formula is C25H28F6N2O4. The van der Waals surface area contributed by atoms with Gasteiger partial charge in [-0.2, -0.15) is 26.3 Å². The second-order valence-electron chi connectivity index (χ2n) is 8.46. The van der Waals surface area contributed by atoms with Crippen LogP contribution in [0.5, 0.6) is 5.75 Å². The summed E-state index contributed by atoms with van der Waals surface area (Å²) in [6.45, 7) is 0.308. The lowest BCUT2D eigenvalue weighted by Crippen LogP contribution is -2.37. The van der Waals surface area contributed by atoms with Crippen LogP contribution in [0.2, 0.25) is 0 Å². The number of hydrogen-bond acceptors (Lipinski definition) is 4. The topological polar surface area (TPSA) is 87.7 Å². The molecule has 0 atom stereocenters. The molecule has 6 nitrogen and oxygen atoms in total. The van der Waals surface area contributed by atoms with Crippen LogP contribution in [0, 0.1) is 5.92 Å². The largest absolute Gasteiger partial charge is 0.496 e. The standard InChI is InChI=1S/C23H27F3N2O2.C2HF3O2/c1-27-20-10-5-16(6-11-20)22(29)28-14-18-13-17(7-12-21(18)30-2)15-3-8-19(9-4-15)23(24,25)26;3-2(4,5)1(6)7/h3-4,7-9,12-13,16,20,27H,5-6,10-11,14H2,1-2H3,(H,28,29);(H,6,7). The van der Waals surface area contributed by atoms with E-state index in [1.807, 2.05) is 13.1 Å². The van der Waals surface area contributed by atoms with E-state index in [4.69, 9.17) is 14.6 Å². The SMILES string of the molecule is CNC1CCC(C(=O)NCc2cc(-c3ccc(C(F)(F)F)cc3)ccc2OC)CC1.O=C(O)C(F)(F)F. The highest BCUT2D eigenvalue weighted by atomic mass is 19.4. The molecule has 2 aromatic carbocycles. The van der Waals surface area contributed by atoms with Crippen molar-refractivity contribution in [2.75, 3.05) is 14.2 Å². The Morgan fingerprint density at radius 2 is 1.49 bits per heavy atom. The number of aliphatic carboxylic acids is 1. The highest BCUT2D eigenvalue weighted by Crippen LogP contribution is 2.32. The van der Waals surface area contributed by atoms with E-state index in [-0.39, 0.29) is 11.8 Å². The van der Waals surface area contributed by atoms with Crippen molar-refractivity contribution in [2.24, 2.45) is 5.92 Å². The van der Waals surface area contributed by atoms with E-state index in [2.05, 4.69) is 10.6 Å². The Labute approximate surface area is 210 Å². The van der Waals surface area contributed by atoms with E-state index in [1.165, 1.54) is 12.1 Å². The van der Waals surface area contributed by atoms with Crippen molar-refractivity contribution in [2.45, 2.75) is 50.6 Å². The molecule has 0 heterocycles. The van der Waals surface area contributed by atoms with Gasteiger partial charge in [0.1, 0.15) is 5.75 Å². The number of nitrogens with one attached hydrogen (secondary N) is 2. The summed E-state index contributed by atoms with van der Waals surface area (Å²) in [6, 6.07) is 10.9. The number of carboxylic acid groups (broad SMARTS) is 1. The van der Waals surface area contributed by atoms with Gasteiger partial charge in [0.25, 0.3) is 0 Å². The predicted molar refractivity (Wildman–Crippen MR) is 124 cm³/mol. The summed E-state index contributed by atoms with van der Waals surface area (Å²) >= 11 is 0. The van der Waals surface area contributed by atoms with Crippen LogP contribution in [0.15, 0.2) is 42.5 Å². The third-order valence-electron chi connectivity index (χ3n) is 6.03. The maximum atomic E-state index is 12.8. The normalized spacial score (nSPS) is 17.8. The van der Waals surface area contributed by atoms with Crippen LogP contribution in [-0.4, -0.2) is 43.4 Å². The van der Waals surface area contributed by atoms with Crippen molar-refractivity contribution in [3.05, 3.63) is 53.6 Å². The van der Waals surface area contributed by atoms with E-state index >= 15 is 0 Å². The van der Waals surface area contributed by atoms with Gasteiger partial charge in [0, 0.05) is 24.1 Å². The summed E-state index contributed by atoms with van der Waals surface area (Å²) in [5.74, 6) is -2.08. The molecule has 37 heavy (non-hydrogen) atoms. The molecule has 0 aromatic heterocycles. The van der Waals surface area contributed by atoms with E-state index in [1.54, 1.807) is 19.2 Å². The molecule has 0 unspecified atom stereocenters. The Kier molecular flexibility index (Phi) is 10.4. The number of carbonyl (C=O) groups is 2. The molecule has 0 saturated heterocycles. The molecule has 0 spiro atoms. The molecule has 1 aliphatic rings. The Balaban J connectivity index is 0.000000604.